The summed E-state index contributed by atoms with van der Waals surface area (Å²) in [5, 5.41) is 30.9. The van der Waals surface area contributed by atoms with Gasteiger partial charge in [-0.3, -0.25) is 0 Å². The van der Waals surface area contributed by atoms with E-state index in [0.29, 0.717) is 18.3 Å². The predicted octanol–water partition coefficient (Wildman–Crippen LogP) is 3.04. The summed E-state index contributed by atoms with van der Waals surface area (Å²) < 4.78 is 0. The van der Waals surface area contributed by atoms with Crippen molar-refractivity contribution in [3.8, 4) is 5.75 Å². The number of hydrogen-bond donors (Lipinski definition) is 2. The molecule has 25 heavy (non-hydrogen) atoms. The summed E-state index contributed by atoms with van der Waals surface area (Å²) in [4.78, 5) is 16.3. The van der Waals surface area contributed by atoms with Crippen LogP contribution in [-0.2, 0) is 11.3 Å². The number of benzene rings is 1. The van der Waals surface area contributed by atoms with Crippen molar-refractivity contribution in [1.29, 1.82) is 0 Å². The maximum Gasteiger partial charge on any atom is 0.294 e. The van der Waals surface area contributed by atoms with Crippen molar-refractivity contribution in [3.63, 3.8) is 0 Å². The molecule has 3 aliphatic carbocycles. The van der Waals surface area contributed by atoms with E-state index in [4.69, 9.17) is 4.84 Å². The Hall–Kier alpha value is -1.82. The molecule has 0 aromatic heterocycles. The van der Waals surface area contributed by atoms with Gasteiger partial charge in [0.25, 0.3) is 5.09 Å². The average molecular weight is 347 g/mol. The Morgan fingerprint density at radius 1 is 1.36 bits per heavy atom. The summed E-state index contributed by atoms with van der Waals surface area (Å²) in [6.45, 7) is 4.26. The van der Waals surface area contributed by atoms with Gasteiger partial charge < -0.3 is 15.1 Å². The molecule has 7 atom stereocenters. The first-order chi connectivity index (χ1) is 11.8. The first-order valence-electron chi connectivity index (χ1n) is 9.12. The minimum absolute atomic E-state index is 0.0619. The molecule has 0 radical (unpaired) electrons. The lowest BCUT2D eigenvalue weighted by Gasteiger charge is -2.54. The van der Waals surface area contributed by atoms with E-state index in [1.165, 1.54) is 0 Å². The number of aliphatic hydroxyl groups is 1. The minimum Gasteiger partial charge on any atom is -0.508 e. The highest BCUT2D eigenvalue weighted by Crippen LogP contribution is 2.62. The highest BCUT2D eigenvalue weighted by atomic mass is 17.0. The number of fused-ring (bicyclic) bond motifs is 5. The van der Waals surface area contributed by atoms with Gasteiger partial charge in [-0.05, 0) is 72.1 Å². The number of phenolic OH excluding ortho intramolecular Hbond substituents is 1. The lowest BCUT2D eigenvalue weighted by atomic mass is 9.52. The molecule has 2 fully saturated rings. The zero-order valence-electron chi connectivity index (χ0n) is 14.6. The monoisotopic (exact) mass is 347 g/mol. The van der Waals surface area contributed by atoms with Crippen LogP contribution in [0.4, 0.5) is 0 Å². The molecule has 0 unspecified atom stereocenters. The molecule has 0 bridgehead atoms. The van der Waals surface area contributed by atoms with Gasteiger partial charge in [0.1, 0.15) is 11.9 Å². The molecule has 6 nitrogen and oxygen atoms in total. The summed E-state index contributed by atoms with van der Waals surface area (Å²) >= 11 is 0. The van der Waals surface area contributed by atoms with Crippen LogP contribution in [0.15, 0.2) is 18.2 Å². The lowest BCUT2D eigenvalue weighted by molar-refractivity contribution is -0.771. The fourth-order valence-electron chi connectivity index (χ4n) is 6.17. The highest BCUT2D eigenvalue weighted by Gasteiger charge is 2.60. The van der Waals surface area contributed by atoms with Gasteiger partial charge in [-0.2, -0.15) is 0 Å². The third-order valence-corrected chi connectivity index (χ3v) is 7.19. The molecule has 0 saturated heterocycles. The molecule has 0 spiro atoms. The molecular formula is C19H25NO5. The Bertz CT molecular complexity index is 707. The molecule has 3 aliphatic rings. The number of aromatic hydroxyl groups is 1. The van der Waals surface area contributed by atoms with E-state index in [1.807, 2.05) is 6.07 Å². The Morgan fingerprint density at radius 3 is 2.84 bits per heavy atom. The highest BCUT2D eigenvalue weighted by molar-refractivity contribution is 5.41. The van der Waals surface area contributed by atoms with Crippen LogP contribution < -0.4 is 0 Å². The fourth-order valence-corrected chi connectivity index (χ4v) is 6.17. The van der Waals surface area contributed by atoms with Crippen LogP contribution in [0.1, 0.15) is 50.2 Å². The van der Waals surface area contributed by atoms with Crippen molar-refractivity contribution >= 4 is 0 Å². The van der Waals surface area contributed by atoms with E-state index >= 15 is 0 Å². The molecule has 4 rings (SSSR count). The molecule has 0 heterocycles. The third-order valence-electron chi connectivity index (χ3n) is 7.19. The quantitative estimate of drug-likeness (QED) is 0.633. The maximum atomic E-state index is 11.1. The summed E-state index contributed by atoms with van der Waals surface area (Å²) in [5.74, 6) is 1.09. The fraction of sp³-hybridized carbons (Fsp3) is 0.684. The van der Waals surface area contributed by atoms with Gasteiger partial charge >= 0.3 is 0 Å². The topological polar surface area (TPSA) is 92.8 Å². The van der Waals surface area contributed by atoms with Crippen molar-refractivity contribution in [1.82, 2.24) is 0 Å². The number of phenols is 1. The van der Waals surface area contributed by atoms with E-state index in [0.717, 1.165) is 30.4 Å². The molecule has 0 aliphatic heterocycles. The number of nitrogens with zero attached hydrogens (tertiary/aromatic N) is 1. The van der Waals surface area contributed by atoms with Crippen molar-refractivity contribution in [2.45, 2.75) is 57.7 Å². The van der Waals surface area contributed by atoms with Gasteiger partial charge in [-0.25, -0.2) is 0 Å². The van der Waals surface area contributed by atoms with Crippen LogP contribution in [0.5, 0.6) is 5.75 Å². The summed E-state index contributed by atoms with van der Waals surface area (Å²) in [7, 11) is 0. The second-order valence-corrected chi connectivity index (χ2v) is 8.44. The Labute approximate surface area is 146 Å². The zero-order valence-corrected chi connectivity index (χ0v) is 14.6. The minimum atomic E-state index is -0.688. The van der Waals surface area contributed by atoms with Gasteiger partial charge in [-0.1, -0.05) is 19.9 Å². The normalized spacial score (nSPS) is 42.2. The second-order valence-electron chi connectivity index (χ2n) is 8.44. The second kappa shape index (κ2) is 5.59. The largest absolute Gasteiger partial charge is 0.508 e. The van der Waals surface area contributed by atoms with Gasteiger partial charge in [-0.15, -0.1) is 10.1 Å². The third kappa shape index (κ3) is 2.41. The van der Waals surface area contributed by atoms with E-state index in [1.54, 1.807) is 12.1 Å². The molecule has 6 heteroatoms. The Balaban J connectivity index is 1.82. The molecule has 2 saturated carbocycles. The maximum absolute atomic E-state index is 11.1. The van der Waals surface area contributed by atoms with Crippen molar-refractivity contribution in [2.24, 2.45) is 23.2 Å². The number of aliphatic hydroxyl groups excluding tert-OH is 1. The van der Waals surface area contributed by atoms with E-state index in [2.05, 4.69) is 13.8 Å². The smallest absolute Gasteiger partial charge is 0.294 e. The SMILES string of the molecule is C[C@@H]1Cc2cc(O)ccc2[C@@H]2[C@@H]1[C@@H]1CC[C@H](O)[C@@]1(C)C[C@@H]2O[N+](=O)[O-]. The Morgan fingerprint density at radius 2 is 2.12 bits per heavy atom. The molecule has 1 aromatic carbocycles. The standard InChI is InChI=1S/C19H25NO5/c1-10-7-11-8-12(21)3-4-13(11)18-15(25-20(23)24)9-19(2)14(17(10)18)5-6-16(19)22/h3-4,8,10,14-18,21-22H,5-7,9H2,1-2H3/t10-,14+,15+,16+,17+,18+,19+/m1/s1. The first-order valence-corrected chi connectivity index (χ1v) is 9.12. The van der Waals surface area contributed by atoms with E-state index in [-0.39, 0.29) is 23.0 Å². The van der Waals surface area contributed by atoms with Crippen molar-refractivity contribution in [3.05, 3.63) is 39.4 Å². The average Bonchev–Trinajstić information content (AvgIpc) is 2.81. The lowest BCUT2D eigenvalue weighted by Crippen LogP contribution is -2.53. The van der Waals surface area contributed by atoms with Crippen molar-refractivity contribution < 1.29 is 20.1 Å². The zero-order chi connectivity index (χ0) is 17.9. The van der Waals surface area contributed by atoms with Crippen LogP contribution >= 0.6 is 0 Å². The van der Waals surface area contributed by atoms with E-state index in [9.17, 15) is 20.3 Å². The summed E-state index contributed by atoms with van der Waals surface area (Å²) in [5.41, 5.74) is 1.80. The number of rotatable bonds is 2. The summed E-state index contributed by atoms with van der Waals surface area (Å²) in [6, 6.07) is 5.34. The van der Waals surface area contributed by atoms with Crippen LogP contribution in [-0.4, -0.2) is 27.5 Å². The molecular weight excluding hydrogens is 322 g/mol. The van der Waals surface area contributed by atoms with Crippen LogP contribution in [0.2, 0.25) is 0 Å². The van der Waals surface area contributed by atoms with Crippen LogP contribution in [0, 0.1) is 33.3 Å². The van der Waals surface area contributed by atoms with Crippen molar-refractivity contribution in [2.75, 3.05) is 0 Å². The molecule has 1 aromatic rings. The van der Waals surface area contributed by atoms with Gasteiger partial charge in [0.05, 0.1) is 6.10 Å². The molecule has 136 valence electrons. The van der Waals surface area contributed by atoms with Crippen LogP contribution in [0.3, 0.4) is 0 Å². The van der Waals surface area contributed by atoms with Gasteiger partial charge in [0.2, 0.25) is 0 Å². The molecule has 0 amide bonds. The number of hydrogen-bond acceptors (Lipinski definition) is 5. The van der Waals surface area contributed by atoms with Gasteiger partial charge in [0.15, 0.2) is 0 Å². The van der Waals surface area contributed by atoms with Crippen LogP contribution in [0.25, 0.3) is 0 Å². The first kappa shape index (κ1) is 16.6. The Kier molecular flexibility index (Phi) is 3.72. The predicted molar refractivity (Wildman–Crippen MR) is 90.5 cm³/mol. The van der Waals surface area contributed by atoms with E-state index < -0.39 is 17.3 Å². The van der Waals surface area contributed by atoms with Gasteiger partial charge in [0, 0.05) is 5.92 Å². The summed E-state index contributed by atoms with van der Waals surface area (Å²) in [6.07, 6.45) is 2.07. The molecule has 2 N–H and O–H groups in total.